The van der Waals surface area contributed by atoms with Crippen molar-refractivity contribution in [3.05, 3.63) is 24.0 Å². The molecule has 5 heteroatoms. The van der Waals surface area contributed by atoms with Gasteiger partial charge < -0.3 is 5.32 Å². The summed E-state index contributed by atoms with van der Waals surface area (Å²) in [6, 6.07) is 0.419. The molecule has 2 bridgehead atoms. The fourth-order valence-corrected chi connectivity index (χ4v) is 4.77. The number of rotatable bonds is 5. The summed E-state index contributed by atoms with van der Waals surface area (Å²) in [5.74, 6) is 2.23. The lowest BCUT2D eigenvalue weighted by atomic mass is 9.91. The summed E-state index contributed by atoms with van der Waals surface area (Å²) in [6.45, 7) is 0.747. The monoisotopic (exact) mass is 328 g/mol. The number of carbonyl (C=O) groups excluding carboxylic acids is 1. The van der Waals surface area contributed by atoms with E-state index in [0.717, 1.165) is 43.6 Å². The zero-order valence-corrected chi connectivity index (χ0v) is 14.4. The van der Waals surface area contributed by atoms with E-state index >= 15 is 0 Å². The Morgan fingerprint density at radius 2 is 2.00 bits per heavy atom. The number of amides is 1. The van der Waals surface area contributed by atoms with Gasteiger partial charge in [-0.25, -0.2) is 4.68 Å². The van der Waals surface area contributed by atoms with Crippen LogP contribution in [0.15, 0.2) is 18.3 Å². The van der Waals surface area contributed by atoms with E-state index in [1.165, 1.54) is 38.5 Å². The molecule has 3 aliphatic rings. The Hall–Kier alpha value is -1.65. The molecule has 0 radical (unpaired) electrons. The van der Waals surface area contributed by atoms with E-state index in [1.54, 1.807) is 0 Å². The highest BCUT2D eigenvalue weighted by Gasteiger charge is 2.35. The summed E-state index contributed by atoms with van der Waals surface area (Å²) in [5.41, 5.74) is 0.465. The van der Waals surface area contributed by atoms with Crippen LogP contribution in [0.2, 0.25) is 0 Å². The van der Waals surface area contributed by atoms with E-state index in [9.17, 15) is 4.79 Å². The summed E-state index contributed by atoms with van der Waals surface area (Å²) in [5, 5.41) is 11.4. The van der Waals surface area contributed by atoms with Crippen molar-refractivity contribution in [2.24, 2.45) is 17.8 Å². The Labute approximate surface area is 143 Å². The van der Waals surface area contributed by atoms with E-state index in [0.29, 0.717) is 11.7 Å². The third-order valence-electron chi connectivity index (χ3n) is 6.16. The third kappa shape index (κ3) is 3.40. The lowest BCUT2D eigenvalue weighted by Gasteiger charge is -2.17. The van der Waals surface area contributed by atoms with Crippen LogP contribution in [0, 0.1) is 17.8 Å². The quantitative estimate of drug-likeness (QED) is 0.665. The average Bonchev–Trinajstić information content (AvgIpc) is 3.28. The summed E-state index contributed by atoms with van der Waals surface area (Å²) < 4.78 is 1.92. The van der Waals surface area contributed by atoms with Crippen LogP contribution in [0.3, 0.4) is 0 Å². The smallest absolute Gasteiger partial charge is 0.273 e. The Balaban J connectivity index is 1.26. The van der Waals surface area contributed by atoms with Gasteiger partial charge in [-0.3, -0.25) is 4.79 Å². The largest absolute Gasteiger partial charge is 0.351 e. The lowest BCUT2D eigenvalue weighted by Crippen LogP contribution is -2.27. The molecule has 3 aliphatic carbocycles. The first-order valence-electron chi connectivity index (χ1n) is 9.68. The first kappa shape index (κ1) is 15.9. The first-order valence-corrected chi connectivity index (χ1v) is 9.68. The fourth-order valence-electron chi connectivity index (χ4n) is 4.77. The highest BCUT2D eigenvalue weighted by molar-refractivity contribution is 5.91. The van der Waals surface area contributed by atoms with E-state index in [4.69, 9.17) is 0 Å². The van der Waals surface area contributed by atoms with Gasteiger partial charge in [-0.15, -0.1) is 5.10 Å². The minimum Gasteiger partial charge on any atom is -0.351 e. The van der Waals surface area contributed by atoms with Gasteiger partial charge in [-0.05, 0) is 49.9 Å². The maximum absolute atomic E-state index is 12.3. The minimum atomic E-state index is -0.0754. The summed E-state index contributed by atoms with van der Waals surface area (Å²) in [7, 11) is 0. The number of hydrogen-bond donors (Lipinski definition) is 1. The van der Waals surface area contributed by atoms with Crippen LogP contribution in [-0.2, 0) is 0 Å². The van der Waals surface area contributed by atoms with Crippen LogP contribution in [-0.4, -0.2) is 27.4 Å². The number of aromatic nitrogens is 3. The van der Waals surface area contributed by atoms with Crippen molar-refractivity contribution >= 4 is 5.91 Å². The Bertz CT molecular complexity index is 600. The predicted octanol–water partition coefficient (Wildman–Crippen LogP) is 3.51. The van der Waals surface area contributed by atoms with Crippen molar-refractivity contribution in [2.45, 2.75) is 63.8 Å². The molecule has 24 heavy (non-hydrogen) atoms. The van der Waals surface area contributed by atoms with Crippen molar-refractivity contribution in [1.82, 2.24) is 20.3 Å². The molecule has 3 atom stereocenters. The van der Waals surface area contributed by atoms with E-state index in [2.05, 4.69) is 27.8 Å². The van der Waals surface area contributed by atoms with Gasteiger partial charge in [0.05, 0.1) is 12.2 Å². The Morgan fingerprint density at radius 1 is 1.17 bits per heavy atom. The van der Waals surface area contributed by atoms with E-state index < -0.39 is 0 Å². The predicted molar refractivity (Wildman–Crippen MR) is 92.6 cm³/mol. The second kappa shape index (κ2) is 7.08. The molecule has 5 nitrogen and oxygen atoms in total. The minimum absolute atomic E-state index is 0.0754. The van der Waals surface area contributed by atoms with Crippen molar-refractivity contribution in [3.8, 4) is 0 Å². The number of fused-ring (bicyclic) bond motifs is 2. The first-order chi connectivity index (χ1) is 11.8. The molecule has 1 N–H and O–H groups in total. The van der Waals surface area contributed by atoms with Gasteiger partial charge in [-0.2, -0.15) is 0 Å². The standard InChI is InChI=1S/C19H28N4O/c24-19(20-10-9-16-12-14-7-8-15(16)11-14)18-13-23(22-21-18)17-5-3-1-2-4-6-17/h7-8,13-17H,1-6,9-12H2,(H,20,24)/t14-,15+,16-/m1/s1. The molecule has 1 aromatic heterocycles. The molecule has 0 unspecified atom stereocenters. The normalized spacial score (nSPS) is 29.8. The molecule has 2 fully saturated rings. The Kier molecular flexibility index (Phi) is 4.67. The highest BCUT2D eigenvalue weighted by Crippen LogP contribution is 2.44. The SMILES string of the molecule is O=C(NCC[C@@H]1C[C@@H]2C=C[C@H]1C2)c1cn(C2CCCCCC2)nn1. The third-order valence-corrected chi connectivity index (χ3v) is 6.16. The molecule has 0 aromatic carbocycles. The summed E-state index contributed by atoms with van der Waals surface area (Å²) in [4.78, 5) is 12.3. The molecule has 0 spiro atoms. The zero-order chi connectivity index (χ0) is 16.4. The van der Waals surface area contributed by atoms with Gasteiger partial charge in [-0.1, -0.05) is 43.0 Å². The zero-order valence-electron chi connectivity index (χ0n) is 14.4. The number of nitrogens with one attached hydrogen (secondary N) is 1. The number of nitrogens with zero attached hydrogens (tertiary/aromatic N) is 3. The van der Waals surface area contributed by atoms with Crippen LogP contribution >= 0.6 is 0 Å². The molecule has 4 rings (SSSR count). The van der Waals surface area contributed by atoms with Crippen molar-refractivity contribution in [3.63, 3.8) is 0 Å². The fraction of sp³-hybridized carbons (Fsp3) is 0.737. The van der Waals surface area contributed by atoms with Crippen LogP contribution in [0.4, 0.5) is 0 Å². The van der Waals surface area contributed by atoms with Crippen molar-refractivity contribution in [1.29, 1.82) is 0 Å². The van der Waals surface area contributed by atoms with E-state index in [-0.39, 0.29) is 5.91 Å². The van der Waals surface area contributed by atoms with Gasteiger partial charge in [0, 0.05) is 6.54 Å². The summed E-state index contributed by atoms with van der Waals surface area (Å²) in [6.07, 6.45) is 17.7. The van der Waals surface area contributed by atoms with Gasteiger partial charge in [0.2, 0.25) is 0 Å². The maximum Gasteiger partial charge on any atom is 0.273 e. The molecule has 0 aliphatic heterocycles. The van der Waals surface area contributed by atoms with Crippen LogP contribution in [0.1, 0.15) is 74.3 Å². The molecule has 0 saturated heterocycles. The second-order valence-electron chi connectivity index (χ2n) is 7.81. The summed E-state index contributed by atoms with van der Waals surface area (Å²) >= 11 is 0. The maximum atomic E-state index is 12.3. The van der Waals surface area contributed by atoms with Crippen LogP contribution in [0.5, 0.6) is 0 Å². The topological polar surface area (TPSA) is 59.8 Å². The highest BCUT2D eigenvalue weighted by atomic mass is 16.2. The second-order valence-corrected chi connectivity index (χ2v) is 7.81. The molecule has 130 valence electrons. The molecule has 1 aromatic rings. The molecular formula is C19H28N4O. The van der Waals surface area contributed by atoms with Crippen LogP contribution in [0.25, 0.3) is 0 Å². The van der Waals surface area contributed by atoms with Gasteiger partial charge in [0.1, 0.15) is 0 Å². The molecule has 2 saturated carbocycles. The average molecular weight is 328 g/mol. The lowest BCUT2D eigenvalue weighted by molar-refractivity contribution is 0.0945. The number of allylic oxidation sites excluding steroid dienone is 2. The van der Waals surface area contributed by atoms with Crippen molar-refractivity contribution < 1.29 is 4.79 Å². The van der Waals surface area contributed by atoms with Gasteiger partial charge in [0.25, 0.3) is 5.91 Å². The van der Waals surface area contributed by atoms with Crippen molar-refractivity contribution in [2.75, 3.05) is 6.54 Å². The number of carbonyl (C=O) groups is 1. The van der Waals surface area contributed by atoms with Gasteiger partial charge >= 0.3 is 0 Å². The molecule has 1 amide bonds. The molecular weight excluding hydrogens is 300 g/mol. The van der Waals surface area contributed by atoms with Crippen LogP contribution < -0.4 is 5.32 Å². The van der Waals surface area contributed by atoms with E-state index in [1.807, 2.05) is 10.9 Å². The Morgan fingerprint density at radius 3 is 2.71 bits per heavy atom. The van der Waals surface area contributed by atoms with Gasteiger partial charge in [0.15, 0.2) is 5.69 Å². The molecule has 1 heterocycles. The number of hydrogen-bond acceptors (Lipinski definition) is 3.